The zero-order chi connectivity index (χ0) is 15.4. The Morgan fingerprint density at radius 3 is 2.67 bits per heavy atom. The Kier molecular flexibility index (Phi) is 5.22. The zero-order valence-corrected chi connectivity index (χ0v) is 13.8. The van der Waals surface area contributed by atoms with Crippen molar-refractivity contribution in [2.24, 2.45) is 0 Å². The molecule has 1 heterocycles. The Labute approximate surface area is 133 Å². The second-order valence-electron chi connectivity index (χ2n) is 5.19. The molecule has 5 nitrogen and oxygen atoms in total. The summed E-state index contributed by atoms with van der Waals surface area (Å²) in [6, 6.07) is 7.58. The highest BCUT2D eigenvalue weighted by atomic mass is 79.9. The largest absolute Gasteiger partial charge is 0.492 e. The summed E-state index contributed by atoms with van der Waals surface area (Å²) in [6.07, 6.45) is 0. The summed E-state index contributed by atoms with van der Waals surface area (Å²) < 4.78 is 6.54. The average molecular weight is 355 g/mol. The van der Waals surface area contributed by atoms with Crippen LogP contribution >= 0.6 is 15.9 Å². The lowest BCUT2D eigenvalue weighted by molar-refractivity contribution is -0.157. The van der Waals surface area contributed by atoms with Gasteiger partial charge in [-0.05, 0) is 32.0 Å². The molecule has 0 saturated carbocycles. The summed E-state index contributed by atoms with van der Waals surface area (Å²) in [4.78, 5) is 27.1. The molecule has 0 aromatic heterocycles. The van der Waals surface area contributed by atoms with Crippen molar-refractivity contribution in [3.05, 3.63) is 28.7 Å². The number of nitrogens with zero attached hydrogens (tertiary/aromatic N) is 2. The van der Waals surface area contributed by atoms with Gasteiger partial charge in [0.2, 0.25) is 0 Å². The molecule has 0 bridgehead atoms. The van der Waals surface area contributed by atoms with Crippen LogP contribution < -0.4 is 4.74 Å². The minimum absolute atomic E-state index is 0.0570. The van der Waals surface area contributed by atoms with Crippen LogP contribution in [0.25, 0.3) is 0 Å². The van der Waals surface area contributed by atoms with E-state index in [1.54, 1.807) is 9.80 Å². The van der Waals surface area contributed by atoms with Crippen LogP contribution in [0, 0.1) is 0 Å². The third-order valence-electron chi connectivity index (χ3n) is 3.39. The first-order valence-corrected chi connectivity index (χ1v) is 7.76. The molecule has 1 aliphatic rings. The normalized spacial score (nSPS) is 15.8. The molecule has 2 rings (SSSR count). The maximum Gasteiger partial charge on any atom is 0.312 e. The molecule has 0 radical (unpaired) electrons. The fourth-order valence-electron chi connectivity index (χ4n) is 2.23. The SMILES string of the molecule is CC(C)N1CCN(CCOc2cccc(Br)c2)C(=O)C1=O. The van der Waals surface area contributed by atoms with E-state index in [1.165, 1.54) is 0 Å². The number of carbonyl (C=O) groups is 2. The van der Waals surface area contributed by atoms with Gasteiger partial charge in [-0.25, -0.2) is 0 Å². The minimum Gasteiger partial charge on any atom is -0.492 e. The lowest BCUT2D eigenvalue weighted by atomic mass is 10.2. The predicted octanol–water partition coefficient (Wildman–Crippen LogP) is 1.91. The predicted molar refractivity (Wildman–Crippen MR) is 83.1 cm³/mol. The van der Waals surface area contributed by atoms with Crippen molar-refractivity contribution >= 4 is 27.7 Å². The van der Waals surface area contributed by atoms with E-state index in [4.69, 9.17) is 4.74 Å². The Hall–Kier alpha value is -1.56. The van der Waals surface area contributed by atoms with Crippen molar-refractivity contribution < 1.29 is 14.3 Å². The standard InChI is InChI=1S/C15H19BrN2O3/c1-11(2)18-7-6-17(14(19)15(18)20)8-9-21-13-5-3-4-12(16)10-13/h3-5,10-11H,6-9H2,1-2H3. The number of ether oxygens (including phenoxy) is 1. The molecule has 1 aromatic carbocycles. The Balaban J connectivity index is 1.84. The smallest absolute Gasteiger partial charge is 0.312 e. The maximum absolute atomic E-state index is 12.0. The zero-order valence-electron chi connectivity index (χ0n) is 12.2. The van der Waals surface area contributed by atoms with Gasteiger partial charge < -0.3 is 14.5 Å². The molecule has 0 N–H and O–H groups in total. The molecular weight excluding hydrogens is 336 g/mol. The molecule has 0 aliphatic carbocycles. The lowest BCUT2D eigenvalue weighted by Gasteiger charge is -2.35. The van der Waals surface area contributed by atoms with Gasteiger partial charge in [-0.15, -0.1) is 0 Å². The van der Waals surface area contributed by atoms with Gasteiger partial charge in [0.15, 0.2) is 0 Å². The van der Waals surface area contributed by atoms with Gasteiger partial charge >= 0.3 is 11.8 Å². The number of hydrogen-bond acceptors (Lipinski definition) is 3. The van der Waals surface area contributed by atoms with Crippen LogP contribution in [0.2, 0.25) is 0 Å². The number of piperazine rings is 1. The monoisotopic (exact) mass is 354 g/mol. The van der Waals surface area contributed by atoms with Crippen molar-refractivity contribution in [2.45, 2.75) is 19.9 Å². The van der Waals surface area contributed by atoms with Crippen LogP contribution in [0.1, 0.15) is 13.8 Å². The van der Waals surface area contributed by atoms with E-state index in [1.807, 2.05) is 38.1 Å². The number of rotatable bonds is 5. The molecule has 0 spiro atoms. The van der Waals surface area contributed by atoms with E-state index >= 15 is 0 Å². The van der Waals surface area contributed by atoms with E-state index in [2.05, 4.69) is 15.9 Å². The van der Waals surface area contributed by atoms with E-state index in [-0.39, 0.29) is 6.04 Å². The molecule has 2 amide bonds. The van der Waals surface area contributed by atoms with Crippen LogP contribution in [0.15, 0.2) is 28.7 Å². The van der Waals surface area contributed by atoms with E-state index < -0.39 is 11.8 Å². The van der Waals surface area contributed by atoms with Gasteiger partial charge in [0.05, 0.1) is 6.54 Å². The van der Waals surface area contributed by atoms with Crippen molar-refractivity contribution in [3.8, 4) is 5.75 Å². The summed E-state index contributed by atoms with van der Waals surface area (Å²) in [5, 5.41) is 0. The highest BCUT2D eigenvalue weighted by Gasteiger charge is 2.33. The van der Waals surface area contributed by atoms with Crippen LogP contribution in [-0.2, 0) is 9.59 Å². The molecule has 114 valence electrons. The topological polar surface area (TPSA) is 49.9 Å². The first kappa shape index (κ1) is 15.8. The summed E-state index contributed by atoms with van der Waals surface area (Å²) in [6.45, 7) is 5.76. The third kappa shape index (κ3) is 3.97. The summed E-state index contributed by atoms with van der Waals surface area (Å²) >= 11 is 3.37. The van der Waals surface area contributed by atoms with Gasteiger partial charge in [-0.1, -0.05) is 22.0 Å². The van der Waals surface area contributed by atoms with Crippen molar-refractivity contribution in [3.63, 3.8) is 0 Å². The van der Waals surface area contributed by atoms with Gasteiger partial charge in [-0.3, -0.25) is 9.59 Å². The molecule has 0 unspecified atom stereocenters. The van der Waals surface area contributed by atoms with Crippen molar-refractivity contribution in [1.82, 2.24) is 9.80 Å². The Morgan fingerprint density at radius 1 is 1.24 bits per heavy atom. The number of amides is 2. The number of hydrogen-bond donors (Lipinski definition) is 0. The molecule has 21 heavy (non-hydrogen) atoms. The van der Waals surface area contributed by atoms with Crippen LogP contribution in [0.3, 0.4) is 0 Å². The second kappa shape index (κ2) is 6.93. The second-order valence-corrected chi connectivity index (χ2v) is 6.11. The fraction of sp³-hybridized carbons (Fsp3) is 0.467. The van der Waals surface area contributed by atoms with Crippen LogP contribution in [0.5, 0.6) is 5.75 Å². The molecule has 1 aromatic rings. The van der Waals surface area contributed by atoms with E-state index in [0.717, 1.165) is 10.2 Å². The maximum atomic E-state index is 12.0. The third-order valence-corrected chi connectivity index (χ3v) is 3.88. The van der Waals surface area contributed by atoms with Crippen molar-refractivity contribution in [2.75, 3.05) is 26.2 Å². The average Bonchev–Trinajstić information content (AvgIpc) is 2.43. The Bertz CT molecular complexity index is 533. The molecule has 1 fully saturated rings. The number of carbonyl (C=O) groups excluding carboxylic acids is 2. The van der Waals surface area contributed by atoms with Gasteiger partial charge in [0.1, 0.15) is 12.4 Å². The minimum atomic E-state index is -0.437. The van der Waals surface area contributed by atoms with Gasteiger partial charge in [0, 0.05) is 23.6 Å². The van der Waals surface area contributed by atoms with E-state index in [0.29, 0.717) is 26.2 Å². The van der Waals surface area contributed by atoms with Gasteiger partial charge in [-0.2, -0.15) is 0 Å². The molecular formula is C15H19BrN2O3. The molecule has 6 heteroatoms. The first-order valence-electron chi connectivity index (χ1n) is 6.97. The quantitative estimate of drug-likeness (QED) is 0.759. The highest BCUT2D eigenvalue weighted by Crippen LogP contribution is 2.17. The summed E-state index contributed by atoms with van der Waals surface area (Å²) in [5.74, 6) is -0.115. The van der Waals surface area contributed by atoms with Gasteiger partial charge in [0.25, 0.3) is 0 Å². The fourth-order valence-corrected chi connectivity index (χ4v) is 2.60. The highest BCUT2D eigenvalue weighted by molar-refractivity contribution is 9.10. The van der Waals surface area contributed by atoms with Crippen LogP contribution in [-0.4, -0.2) is 53.9 Å². The number of benzene rings is 1. The Morgan fingerprint density at radius 2 is 2.00 bits per heavy atom. The summed E-state index contributed by atoms with van der Waals surface area (Å²) in [5.41, 5.74) is 0. The van der Waals surface area contributed by atoms with Crippen molar-refractivity contribution in [1.29, 1.82) is 0 Å². The summed E-state index contributed by atoms with van der Waals surface area (Å²) in [7, 11) is 0. The molecule has 0 atom stereocenters. The molecule has 1 saturated heterocycles. The lowest BCUT2D eigenvalue weighted by Crippen LogP contribution is -2.56. The first-order chi connectivity index (χ1) is 9.99. The van der Waals surface area contributed by atoms with E-state index in [9.17, 15) is 9.59 Å². The van der Waals surface area contributed by atoms with Crippen LogP contribution in [0.4, 0.5) is 0 Å². The molecule has 1 aliphatic heterocycles. The number of halogens is 1.